The Morgan fingerprint density at radius 3 is 2.68 bits per heavy atom. The van der Waals surface area contributed by atoms with E-state index in [1.54, 1.807) is 35.2 Å². The lowest BCUT2D eigenvalue weighted by atomic mass is 9.92. The number of nitrogens with zero attached hydrogens (tertiary/aromatic N) is 2. The fourth-order valence-corrected chi connectivity index (χ4v) is 4.97. The van der Waals surface area contributed by atoms with Crippen LogP contribution in [0, 0.1) is 0 Å². The van der Waals surface area contributed by atoms with Crippen LogP contribution in [-0.2, 0) is 9.59 Å². The molecule has 1 unspecified atom stereocenters. The van der Waals surface area contributed by atoms with Gasteiger partial charge >= 0.3 is 0 Å². The summed E-state index contributed by atoms with van der Waals surface area (Å²) in [6.45, 7) is 1.33. The number of aliphatic hydroxyl groups excluding tert-OH is 1. The van der Waals surface area contributed by atoms with Crippen molar-refractivity contribution in [3.05, 3.63) is 53.5 Å². The zero-order valence-electron chi connectivity index (χ0n) is 17.5. The molecule has 31 heavy (non-hydrogen) atoms. The molecule has 1 aliphatic carbocycles. The maximum absolute atomic E-state index is 13.1. The average Bonchev–Trinajstić information content (AvgIpc) is 3.41. The van der Waals surface area contributed by atoms with Crippen LogP contribution in [-0.4, -0.2) is 47.9 Å². The molecule has 1 N–H and O–H groups in total. The van der Waals surface area contributed by atoms with Gasteiger partial charge in [0, 0.05) is 18.7 Å². The molecule has 0 spiro atoms. The molecule has 2 aliphatic heterocycles. The van der Waals surface area contributed by atoms with Gasteiger partial charge < -0.3 is 24.1 Å². The van der Waals surface area contributed by atoms with Gasteiger partial charge in [-0.05, 0) is 43.2 Å². The summed E-state index contributed by atoms with van der Waals surface area (Å²) in [5, 5.41) is 11.3. The van der Waals surface area contributed by atoms with Crippen LogP contribution in [0.3, 0.4) is 0 Å². The van der Waals surface area contributed by atoms with Gasteiger partial charge in [-0.1, -0.05) is 19.3 Å². The van der Waals surface area contributed by atoms with Gasteiger partial charge in [-0.2, -0.15) is 0 Å². The SMILES string of the molecule is CN1CCOc2ccc(/C(O)=C3/C(=O)C(=O)N(C4CCCCC4)C3c3ccco3)cc21. The molecule has 1 aromatic carbocycles. The molecule has 0 bridgehead atoms. The molecule has 1 amide bonds. The van der Waals surface area contributed by atoms with Crippen molar-refractivity contribution >= 4 is 23.1 Å². The molecule has 1 aromatic heterocycles. The Morgan fingerprint density at radius 1 is 1.13 bits per heavy atom. The fraction of sp³-hybridized carbons (Fsp3) is 0.417. The maximum Gasteiger partial charge on any atom is 0.296 e. The van der Waals surface area contributed by atoms with Crippen LogP contribution in [0.25, 0.3) is 5.76 Å². The van der Waals surface area contributed by atoms with Gasteiger partial charge in [0.1, 0.15) is 29.9 Å². The predicted molar refractivity (Wildman–Crippen MR) is 115 cm³/mol. The molecule has 7 heteroatoms. The van der Waals surface area contributed by atoms with Crippen molar-refractivity contribution in [2.75, 3.05) is 25.1 Å². The summed E-state index contributed by atoms with van der Waals surface area (Å²) in [4.78, 5) is 29.9. The number of amides is 1. The quantitative estimate of drug-likeness (QED) is 0.459. The molecule has 2 fully saturated rings. The highest BCUT2D eigenvalue weighted by Crippen LogP contribution is 2.44. The number of furan rings is 1. The minimum atomic E-state index is -0.719. The molecular weight excluding hydrogens is 396 g/mol. The van der Waals surface area contributed by atoms with E-state index in [2.05, 4.69) is 0 Å². The lowest BCUT2D eigenvalue weighted by molar-refractivity contribution is -0.142. The van der Waals surface area contributed by atoms with E-state index in [4.69, 9.17) is 9.15 Å². The number of carbonyl (C=O) groups is 2. The van der Waals surface area contributed by atoms with Gasteiger partial charge in [0.15, 0.2) is 0 Å². The van der Waals surface area contributed by atoms with E-state index in [9.17, 15) is 14.7 Å². The van der Waals surface area contributed by atoms with E-state index in [-0.39, 0.29) is 17.4 Å². The lowest BCUT2D eigenvalue weighted by Gasteiger charge is -2.34. The Morgan fingerprint density at radius 2 is 1.94 bits per heavy atom. The highest BCUT2D eigenvalue weighted by molar-refractivity contribution is 6.46. The number of hydrogen-bond acceptors (Lipinski definition) is 6. The molecule has 2 aromatic rings. The van der Waals surface area contributed by atoms with Crippen LogP contribution >= 0.6 is 0 Å². The number of hydrogen-bond donors (Lipinski definition) is 1. The Kier molecular flexibility index (Phi) is 4.96. The Labute approximate surface area is 180 Å². The Bertz CT molecular complexity index is 1040. The summed E-state index contributed by atoms with van der Waals surface area (Å²) in [7, 11) is 1.95. The fourth-order valence-electron chi connectivity index (χ4n) is 4.97. The number of benzene rings is 1. The number of likely N-dealkylation sites (tertiary alicyclic amines) is 1. The first-order valence-electron chi connectivity index (χ1n) is 10.9. The minimum Gasteiger partial charge on any atom is -0.507 e. The molecule has 3 heterocycles. The third-order valence-corrected chi connectivity index (χ3v) is 6.59. The zero-order chi connectivity index (χ0) is 21.5. The first kappa shape index (κ1) is 19.7. The minimum absolute atomic E-state index is 0.0336. The normalized spacial score (nSPS) is 23.7. The Hall–Kier alpha value is -3.22. The monoisotopic (exact) mass is 422 g/mol. The second-order valence-electron chi connectivity index (χ2n) is 8.47. The third kappa shape index (κ3) is 3.28. The molecule has 1 atom stereocenters. The third-order valence-electron chi connectivity index (χ3n) is 6.59. The predicted octanol–water partition coefficient (Wildman–Crippen LogP) is 3.86. The van der Waals surface area contributed by atoms with Gasteiger partial charge in [-0.3, -0.25) is 9.59 Å². The van der Waals surface area contributed by atoms with Gasteiger partial charge in [0.05, 0.1) is 24.1 Å². The van der Waals surface area contributed by atoms with Crippen LogP contribution in [0.2, 0.25) is 0 Å². The first-order chi connectivity index (χ1) is 15.1. The second-order valence-corrected chi connectivity index (χ2v) is 8.47. The summed E-state index contributed by atoms with van der Waals surface area (Å²) < 4.78 is 11.3. The molecule has 7 nitrogen and oxygen atoms in total. The molecule has 1 saturated heterocycles. The number of ketones is 1. The van der Waals surface area contributed by atoms with E-state index in [0.29, 0.717) is 17.9 Å². The lowest BCUT2D eigenvalue weighted by Crippen LogP contribution is -2.40. The zero-order valence-corrected chi connectivity index (χ0v) is 17.5. The van der Waals surface area contributed by atoms with E-state index < -0.39 is 17.7 Å². The van der Waals surface area contributed by atoms with E-state index in [1.807, 2.05) is 11.9 Å². The van der Waals surface area contributed by atoms with E-state index in [1.165, 1.54) is 6.26 Å². The summed E-state index contributed by atoms with van der Waals surface area (Å²) in [6, 6.07) is 8.06. The second kappa shape index (κ2) is 7.80. The summed E-state index contributed by atoms with van der Waals surface area (Å²) in [5.74, 6) is -0.180. The Balaban J connectivity index is 1.62. The molecule has 3 aliphatic rings. The van der Waals surface area contributed by atoms with Crippen LogP contribution in [0.5, 0.6) is 5.75 Å². The number of Topliss-reactive ketones (excluding diaryl/α,β-unsaturated/α-hetero) is 1. The van der Waals surface area contributed by atoms with Gasteiger partial charge in [-0.25, -0.2) is 0 Å². The number of fused-ring (bicyclic) bond motifs is 1. The molecule has 162 valence electrons. The smallest absolute Gasteiger partial charge is 0.296 e. The number of likely N-dealkylation sites (N-methyl/N-ethyl adjacent to an activating group) is 1. The molecule has 0 radical (unpaired) electrons. The molecule has 1 saturated carbocycles. The summed E-state index contributed by atoms with van der Waals surface area (Å²) in [5.41, 5.74) is 1.41. The highest BCUT2D eigenvalue weighted by atomic mass is 16.5. The van der Waals surface area contributed by atoms with Crippen LogP contribution in [0.4, 0.5) is 5.69 Å². The van der Waals surface area contributed by atoms with Crippen molar-refractivity contribution < 1.29 is 23.8 Å². The van der Waals surface area contributed by atoms with Crippen molar-refractivity contribution in [1.29, 1.82) is 0 Å². The topological polar surface area (TPSA) is 83.2 Å². The van der Waals surface area contributed by atoms with E-state index >= 15 is 0 Å². The first-order valence-corrected chi connectivity index (χ1v) is 10.9. The largest absolute Gasteiger partial charge is 0.507 e. The van der Waals surface area contributed by atoms with Crippen LogP contribution < -0.4 is 9.64 Å². The number of aliphatic hydroxyl groups is 1. The van der Waals surface area contributed by atoms with Crippen LogP contribution in [0.15, 0.2) is 46.6 Å². The standard InChI is InChI=1S/C24H26N2O5/c1-25-11-13-31-18-10-9-15(14-17(18)25)22(27)20-21(19-8-5-12-30-19)26(24(29)23(20)28)16-6-3-2-4-7-16/h5,8-10,12,14,16,21,27H,2-4,6-7,11,13H2,1H3/b22-20-. The van der Waals surface area contributed by atoms with Crippen molar-refractivity contribution in [3.8, 4) is 5.75 Å². The molecule has 5 rings (SSSR count). The van der Waals surface area contributed by atoms with Crippen LogP contribution in [0.1, 0.15) is 49.5 Å². The van der Waals surface area contributed by atoms with Crippen molar-refractivity contribution in [1.82, 2.24) is 4.90 Å². The maximum atomic E-state index is 13.1. The number of anilines is 1. The number of rotatable bonds is 3. The summed E-state index contributed by atoms with van der Waals surface area (Å²) >= 11 is 0. The number of carbonyl (C=O) groups excluding carboxylic acids is 2. The van der Waals surface area contributed by atoms with Gasteiger partial charge in [0.2, 0.25) is 0 Å². The summed E-state index contributed by atoms with van der Waals surface area (Å²) in [6.07, 6.45) is 6.42. The van der Waals surface area contributed by atoms with Crippen molar-refractivity contribution in [3.63, 3.8) is 0 Å². The van der Waals surface area contributed by atoms with E-state index in [0.717, 1.165) is 50.1 Å². The van der Waals surface area contributed by atoms with Crippen molar-refractivity contribution in [2.45, 2.75) is 44.2 Å². The highest BCUT2D eigenvalue weighted by Gasteiger charge is 2.50. The van der Waals surface area contributed by atoms with Crippen molar-refractivity contribution in [2.24, 2.45) is 0 Å². The van der Waals surface area contributed by atoms with Gasteiger partial charge in [-0.15, -0.1) is 0 Å². The molecular formula is C24H26N2O5. The average molecular weight is 422 g/mol. The number of ether oxygens (including phenoxy) is 1. The van der Waals surface area contributed by atoms with Gasteiger partial charge in [0.25, 0.3) is 11.7 Å².